The molecule has 1 N–H and O–H groups in total. The number of rotatable bonds is 2. The molecule has 1 aliphatic rings. The Bertz CT molecular complexity index is 786. The molecule has 1 aromatic heterocycles. The number of carbonyl (C=O) groups excluding carboxylic acids is 1. The number of likely N-dealkylation sites (tertiary alicyclic amines) is 1. The predicted octanol–water partition coefficient (Wildman–Crippen LogP) is 3.38. The average Bonchev–Trinajstić information content (AvgIpc) is 3.12. The molecule has 0 saturated carbocycles. The summed E-state index contributed by atoms with van der Waals surface area (Å²) in [6.45, 7) is -1.08. The summed E-state index contributed by atoms with van der Waals surface area (Å²) >= 11 is 1.50. The molecule has 23 heavy (non-hydrogen) atoms. The van der Waals surface area contributed by atoms with Crippen LogP contribution in [0.25, 0.3) is 10.1 Å². The molecule has 0 radical (unpaired) electrons. The second kappa shape index (κ2) is 5.23. The van der Waals surface area contributed by atoms with Crippen molar-refractivity contribution in [2.75, 3.05) is 13.1 Å². The number of carbonyl (C=O) groups is 2. The number of fused-ring (bicyclic) bond motifs is 1. The van der Waals surface area contributed by atoms with Crippen molar-refractivity contribution in [2.45, 2.75) is 12.6 Å². The molecule has 1 aliphatic heterocycles. The molecular formula is C15H12F3NO3S. The van der Waals surface area contributed by atoms with Gasteiger partial charge in [0.25, 0.3) is 5.91 Å². The van der Waals surface area contributed by atoms with E-state index in [1.165, 1.54) is 11.3 Å². The van der Waals surface area contributed by atoms with Gasteiger partial charge >= 0.3 is 12.1 Å². The highest BCUT2D eigenvalue weighted by atomic mass is 32.1. The van der Waals surface area contributed by atoms with Gasteiger partial charge in [0.2, 0.25) is 0 Å². The largest absolute Gasteiger partial charge is 0.481 e. The number of aliphatic carboxylic acids is 1. The number of thiophene rings is 1. The van der Waals surface area contributed by atoms with Crippen LogP contribution in [-0.4, -0.2) is 41.1 Å². The van der Waals surface area contributed by atoms with Crippen LogP contribution >= 0.6 is 11.3 Å². The van der Waals surface area contributed by atoms with Gasteiger partial charge in [0.1, 0.15) is 0 Å². The van der Waals surface area contributed by atoms with Gasteiger partial charge in [-0.05, 0) is 41.5 Å². The zero-order valence-corrected chi connectivity index (χ0v) is 12.6. The van der Waals surface area contributed by atoms with E-state index in [-0.39, 0.29) is 12.1 Å². The molecule has 4 nitrogen and oxygen atoms in total. The maximum absolute atomic E-state index is 13.2. The van der Waals surface area contributed by atoms with Gasteiger partial charge in [0.05, 0.1) is 0 Å². The highest BCUT2D eigenvalue weighted by molar-refractivity contribution is 7.17. The summed E-state index contributed by atoms with van der Waals surface area (Å²) in [5.41, 5.74) is -2.62. The van der Waals surface area contributed by atoms with Gasteiger partial charge in [0.15, 0.2) is 5.41 Å². The van der Waals surface area contributed by atoms with E-state index in [2.05, 4.69) is 0 Å². The van der Waals surface area contributed by atoms with Gasteiger partial charge in [-0.25, -0.2) is 0 Å². The Morgan fingerprint density at radius 1 is 1.26 bits per heavy atom. The lowest BCUT2D eigenvalue weighted by molar-refractivity contribution is -0.227. The quantitative estimate of drug-likeness (QED) is 0.909. The predicted molar refractivity (Wildman–Crippen MR) is 78.5 cm³/mol. The third-order valence-corrected chi connectivity index (χ3v) is 5.11. The summed E-state index contributed by atoms with van der Waals surface area (Å²) in [6.07, 6.45) is -5.52. The summed E-state index contributed by atoms with van der Waals surface area (Å²) < 4.78 is 40.4. The maximum atomic E-state index is 13.2. The van der Waals surface area contributed by atoms with Crippen molar-refractivity contribution in [3.05, 3.63) is 35.2 Å². The number of amides is 1. The third-order valence-electron chi connectivity index (χ3n) is 4.21. The second-order valence-electron chi connectivity index (χ2n) is 5.53. The fourth-order valence-electron chi connectivity index (χ4n) is 2.79. The highest BCUT2D eigenvalue weighted by Crippen LogP contribution is 2.46. The molecular weight excluding hydrogens is 331 g/mol. The van der Waals surface area contributed by atoms with Crippen LogP contribution in [0, 0.1) is 5.41 Å². The van der Waals surface area contributed by atoms with Gasteiger partial charge < -0.3 is 10.0 Å². The summed E-state index contributed by atoms with van der Waals surface area (Å²) in [7, 11) is 0. The molecule has 2 heterocycles. The molecule has 1 atom stereocenters. The molecule has 0 spiro atoms. The minimum atomic E-state index is -4.90. The standard InChI is InChI=1S/C15H12F3NO3S/c16-15(17,18)14(13(21)22)4-5-19(8-14)12(20)10-1-2-11-9(7-10)3-6-23-11/h1-3,6-7H,4-5,8H2,(H,21,22). The lowest BCUT2D eigenvalue weighted by Crippen LogP contribution is -2.47. The van der Waals surface area contributed by atoms with Crippen molar-refractivity contribution in [2.24, 2.45) is 5.41 Å². The van der Waals surface area contributed by atoms with E-state index < -0.39 is 36.4 Å². The Morgan fingerprint density at radius 2 is 2.00 bits per heavy atom. The molecule has 1 fully saturated rings. The van der Waals surface area contributed by atoms with E-state index in [0.29, 0.717) is 0 Å². The van der Waals surface area contributed by atoms with Crippen molar-refractivity contribution in [3.8, 4) is 0 Å². The number of carboxylic acid groups (broad SMARTS) is 1. The molecule has 0 aliphatic carbocycles. The highest BCUT2D eigenvalue weighted by Gasteiger charge is 2.64. The SMILES string of the molecule is O=C(c1ccc2sccc2c1)N1CCC(C(=O)O)(C(F)(F)F)C1. The van der Waals surface area contributed by atoms with Gasteiger partial charge in [0, 0.05) is 23.4 Å². The third kappa shape index (κ3) is 2.46. The molecule has 1 aromatic carbocycles. The molecule has 0 bridgehead atoms. The van der Waals surface area contributed by atoms with Gasteiger partial charge in [-0.1, -0.05) is 0 Å². The number of nitrogens with zero attached hydrogens (tertiary/aromatic N) is 1. The first-order valence-corrected chi connectivity index (χ1v) is 7.69. The first-order chi connectivity index (χ1) is 10.7. The van der Waals surface area contributed by atoms with E-state index >= 15 is 0 Å². The Kier molecular flexibility index (Phi) is 3.59. The summed E-state index contributed by atoms with van der Waals surface area (Å²) in [5.74, 6) is -2.51. The average molecular weight is 343 g/mol. The van der Waals surface area contributed by atoms with Crippen molar-refractivity contribution in [1.82, 2.24) is 4.90 Å². The van der Waals surface area contributed by atoms with E-state index in [0.717, 1.165) is 15.0 Å². The van der Waals surface area contributed by atoms with E-state index in [4.69, 9.17) is 5.11 Å². The lowest BCUT2D eigenvalue weighted by atomic mass is 9.86. The van der Waals surface area contributed by atoms with Gasteiger partial charge in [-0.15, -0.1) is 11.3 Å². The lowest BCUT2D eigenvalue weighted by Gasteiger charge is -2.27. The maximum Gasteiger partial charge on any atom is 0.406 e. The summed E-state index contributed by atoms with van der Waals surface area (Å²) in [6, 6.07) is 6.72. The number of carboxylic acids is 1. The smallest absolute Gasteiger partial charge is 0.406 e. The van der Waals surface area contributed by atoms with Crippen LogP contribution < -0.4 is 0 Å². The number of hydrogen-bond acceptors (Lipinski definition) is 3. The van der Waals surface area contributed by atoms with Crippen LogP contribution in [0.1, 0.15) is 16.8 Å². The molecule has 8 heteroatoms. The Labute approximate surface area is 133 Å². The Hall–Kier alpha value is -2.09. The summed E-state index contributed by atoms with van der Waals surface area (Å²) in [4.78, 5) is 24.5. The fraction of sp³-hybridized carbons (Fsp3) is 0.333. The van der Waals surface area contributed by atoms with Crippen molar-refractivity contribution < 1.29 is 27.9 Å². The van der Waals surface area contributed by atoms with E-state index in [1.807, 2.05) is 11.4 Å². The number of hydrogen-bond donors (Lipinski definition) is 1. The molecule has 3 rings (SSSR count). The Morgan fingerprint density at radius 3 is 2.61 bits per heavy atom. The monoisotopic (exact) mass is 343 g/mol. The van der Waals surface area contributed by atoms with Crippen molar-refractivity contribution in [1.29, 1.82) is 0 Å². The number of benzene rings is 1. The van der Waals surface area contributed by atoms with Crippen LogP contribution in [0.15, 0.2) is 29.6 Å². The number of alkyl halides is 3. The minimum Gasteiger partial charge on any atom is -0.481 e. The first-order valence-electron chi connectivity index (χ1n) is 6.81. The molecule has 1 unspecified atom stereocenters. The van der Waals surface area contributed by atoms with Crippen LogP contribution in [0.5, 0.6) is 0 Å². The molecule has 122 valence electrons. The zero-order chi connectivity index (χ0) is 16.8. The van der Waals surface area contributed by atoms with E-state index in [1.54, 1.807) is 18.2 Å². The minimum absolute atomic E-state index is 0.230. The van der Waals surface area contributed by atoms with Gasteiger partial charge in [-0.2, -0.15) is 13.2 Å². The van der Waals surface area contributed by atoms with Crippen molar-refractivity contribution in [3.63, 3.8) is 0 Å². The zero-order valence-electron chi connectivity index (χ0n) is 11.8. The second-order valence-corrected chi connectivity index (χ2v) is 6.48. The van der Waals surface area contributed by atoms with Crippen LogP contribution in [-0.2, 0) is 4.79 Å². The van der Waals surface area contributed by atoms with Crippen LogP contribution in [0.4, 0.5) is 13.2 Å². The molecule has 1 saturated heterocycles. The summed E-state index contributed by atoms with van der Waals surface area (Å²) in [5, 5.41) is 11.7. The van der Waals surface area contributed by atoms with Crippen LogP contribution in [0.3, 0.4) is 0 Å². The first kappa shape index (κ1) is 15.8. The Balaban J connectivity index is 1.88. The fourth-order valence-corrected chi connectivity index (χ4v) is 3.56. The van der Waals surface area contributed by atoms with Gasteiger partial charge in [-0.3, -0.25) is 9.59 Å². The number of halogens is 3. The van der Waals surface area contributed by atoms with Crippen LogP contribution in [0.2, 0.25) is 0 Å². The normalized spacial score (nSPS) is 21.8. The molecule has 2 aromatic rings. The van der Waals surface area contributed by atoms with E-state index in [9.17, 15) is 22.8 Å². The van der Waals surface area contributed by atoms with Crippen molar-refractivity contribution >= 4 is 33.3 Å². The topological polar surface area (TPSA) is 57.6 Å². The molecule has 1 amide bonds.